The molecule has 21 heavy (non-hydrogen) atoms. The molecule has 0 spiro atoms. The molecule has 1 aromatic rings. The highest BCUT2D eigenvalue weighted by Gasteiger charge is 2.29. The van der Waals surface area contributed by atoms with E-state index in [1.165, 1.54) is 0 Å². The maximum Gasteiger partial charge on any atom is 0.255 e. The van der Waals surface area contributed by atoms with E-state index in [4.69, 9.17) is 17.3 Å². The standard InChI is InChI=1S/C15H20ClN3O2/c1-18(2)14(20)10-5-7-19(8-6-10)15(21)12-9-11(17)3-4-13(12)16/h3-4,9-10H,5-8,17H2,1-2H3. The molecule has 0 unspecified atom stereocenters. The Balaban J connectivity index is 2.03. The molecular formula is C15H20ClN3O2. The molecule has 5 nitrogen and oxygen atoms in total. The van der Waals surface area contributed by atoms with Crippen molar-refractivity contribution in [3.63, 3.8) is 0 Å². The van der Waals surface area contributed by atoms with Gasteiger partial charge in [0.1, 0.15) is 0 Å². The Hall–Kier alpha value is -1.75. The van der Waals surface area contributed by atoms with E-state index >= 15 is 0 Å². The second-order valence-corrected chi connectivity index (χ2v) is 5.95. The van der Waals surface area contributed by atoms with Gasteiger partial charge in [-0.25, -0.2) is 0 Å². The number of benzene rings is 1. The van der Waals surface area contributed by atoms with Crippen molar-refractivity contribution < 1.29 is 9.59 Å². The van der Waals surface area contributed by atoms with Crippen molar-refractivity contribution in [2.45, 2.75) is 12.8 Å². The van der Waals surface area contributed by atoms with Gasteiger partial charge in [-0.05, 0) is 31.0 Å². The lowest BCUT2D eigenvalue weighted by Crippen LogP contribution is -2.42. The van der Waals surface area contributed by atoms with Crippen LogP contribution in [0.5, 0.6) is 0 Å². The first kappa shape index (κ1) is 15.6. The van der Waals surface area contributed by atoms with E-state index in [1.54, 1.807) is 42.1 Å². The van der Waals surface area contributed by atoms with Crippen LogP contribution in [0.4, 0.5) is 5.69 Å². The number of nitrogens with zero attached hydrogens (tertiary/aromatic N) is 2. The van der Waals surface area contributed by atoms with Crippen LogP contribution >= 0.6 is 11.6 Å². The fourth-order valence-electron chi connectivity index (χ4n) is 2.57. The average molecular weight is 310 g/mol. The summed E-state index contributed by atoms with van der Waals surface area (Å²) in [6.07, 6.45) is 1.37. The lowest BCUT2D eigenvalue weighted by molar-refractivity contribution is -0.134. The van der Waals surface area contributed by atoms with Gasteiger partial charge in [-0.15, -0.1) is 0 Å². The largest absolute Gasteiger partial charge is 0.399 e. The average Bonchev–Trinajstić information content (AvgIpc) is 2.48. The highest BCUT2D eigenvalue weighted by Crippen LogP contribution is 2.24. The molecule has 2 amide bonds. The molecule has 1 aliphatic heterocycles. The molecule has 0 bridgehead atoms. The molecule has 1 saturated heterocycles. The summed E-state index contributed by atoms with van der Waals surface area (Å²) in [4.78, 5) is 27.7. The van der Waals surface area contributed by atoms with Crippen LogP contribution in [-0.4, -0.2) is 48.8 Å². The van der Waals surface area contributed by atoms with Crippen LogP contribution in [-0.2, 0) is 4.79 Å². The number of rotatable bonds is 2. The zero-order valence-corrected chi connectivity index (χ0v) is 13.1. The fraction of sp³-hybridized carbons (Fsp3) is 0.467. The van der Waals surface area contributed by atoms with Gasteiger partial charge >= 0.3 is 0 Å². The van der Waals surface area contributed by atoms with Crippen molar-refractivity contribution in [2.75, 3.05) is 32.9 Å². The Morgan fingerprint density at radius 3 is 2.48 bits per heavy atom. The van der Waals surface area contributed by atoms with E-state index < -0.39 is 0 Å². The molecular weight excluding hydrogens is 290 g/mol. The van der Waals surface area contributed by atoms with E-state index in [0.29, 0.717) is 42.2 Å². The third-order valence-electron chi connectivity index (χ3n) is 3.79. The molecule has 0 atom stereocenters. The molecule has 1 aliphatic rings. The Labute approximate surface area is 129 Å². The van der Waals surface area contributed by atoms with Crippen molar-refractivity contribution in [3.05, 3.63) is 28.8 Å². The van der Waals surface area contributed by atoms with Crippen molar-refractivity contribution in [1.82, 2.24) is 9.80 Å². The Kier molecular flexibility index (Phi) is 4.73. The summed E-state index contributed by atoms with van der Waals surface area (Å²) in [5.74, 6) is 0.00695. The Bertz CT molecular complexity index is 552. The summed E-state index contributed by atoms with van der Waals surface area (Å²) in [6.45, 7) is 1.13. The molecule has 0 saturated carbocycles. The topological polar surface area (TPSA) is 66.6 Å². The number of carbonyl (C=O) groups is 2. The molecule has 2 N–H and O–H groups in total. The minimum absolute atomic E-state index is 0.000338. The zero-order valence-electron chi connectivity index (χ0n) is 12.3. The number of hydrogen-bond acceptors (Lipinski definition) is 3. The normalized spacial score (nSPS) is 15.9. The molecule has 0 aliphatic carbocycles. The van der Waals surface area contributed by atoms with Gasteiger partial charge in [0, 0.05) is 38.8 Å². The van der Waals surface area contributed by atoms with E-state index in [0.717, 1.165) is 0 Å². The molecule has 1 heterocycles. The summed E-state index contributed by atoms with van der Waals surface area (Å²) >= 11 is 6.07. The van der Waals surface area contributed by atoms with Gasteiger partial charge in [-0.2, -0.15) is 0 Å². The number of hydrogen-bond donors (Lipinski definition) is 1. The van der Waals surface area contributed by atoms with E-state index in [9.17, 15) is 9.59 Å². The number of piperidine rings is 1. The first-order valence-electron chi connectivity index (χ1n) is 6.95. The van der Waals surface area contributed by atoms with Gasteiger partial charge < -0.3 is 15.5 Å². The SMILES string of the molecule is CN(C)C(=O)C1CCN(C(=O)c2cc(N)ccc2Cl)CC1. The second kappa shape index (κ2) is 6.35. The summed E-state index contributed by atoms with van der Waals surface area (Å²) in [5.41, 5.74) is 6.65. The Morgan fingerprint density at radius 1 is 1.29 bits per heavy atom. The number of halogens is 1. The van der Waals surface area contributed by atoms with Crippen molar-refractivity contribution in [1.29, 1.82) is 0 Å². The van der Waals surface area contributed by atoms with Crippen molar-refractivity contribution >= 4 is 29.1 Å². The minimum atomic E-state index is -0.122. The maximum absolute atomic E-state index is 12.5. The molecule has 1 fully saturated rings. The van der Waals surface area contributed by atoms with Crippen LogP contribution in [0.2, 0.25) is 5.02 Å². The smallest absolute Gasteiger partial charge is 0.255 e. The van der Waals surface area contributed by atoms with Gasteiger partial charge in [-0.1, -0.05) is 11.6 Å². The molecule has 6 heteroatoms. The monoisotopic (exact) mass is 309 g/mol. The predicted octanol–water partition coefficient (Wildman–Crippen LogP) is 1.86. The van der Waals surface area contributed by atoms with Crippen LogP contribution < -0.4 is 5.73 Å². The van der Waals surface area contributed by atoms with Gasteiger partial charge in [0.2, 0.25) is 5.91 Å². The molecule has 114 valence electrons. The zero-order chi connectivity index (χ0) is 15.6. The number of carbonyl (C=O) groups excluding carboxylic acids is 2. The number of nitrogens with two attached hydrogens (primary N) is 1. The van der Waals surface area contributed by atoms with Gasteiger partial charge in [0.25, 0.3) is 5.91 Å². The first-order valence-corrected chi connectivity index (χ1v) is 7.33. The van der Waals surface area contributed by atoms with Gasteiger partial charge in [-0.3, -0.25) is 9.59 Å². The summed E-state index contributed by atoms with van der Waals surface area (Å²) in [7, 11) is 3.51. The third-order valence-corrected chi connectivity index (χ3v) is 4.12. The number of amides is 2. The van der Waals surface area contributed by atoms with Crippen LogP contribution in [0.15, 0.2) is 18.2 Å². The fourth-order valence-corrected chi connectivity index (χ4v) is 2.77. The van der Waals surface area contributed by atoms with Gasteiger partial charge in [0.15, 0.2) is 0 Å². The van der Waals surface area contributed by atoms with Crippen molar-refractivity contribution in [3.8, 4) is 0 Å². The van der Waals surface area contributed by atoms with E-state index in [-0.39, 0.29) is 17.7 Å². The number of likely N-dealkylation sites (tertiary alicyclic amines) is 1. The lowest BCUT2D eigenvalue weighted by Gasteiger charge is -2.32. The quantitative estimate of drug-likeness (QED) is 0.848. The van der Waals surface area contributed by atoms with Crippen LogP contribution in [0.1, 0.15) is 23.2 Å². The molecule has 2 rings (SSSR count). The van der Waals surface area contributed by atoms with Crippen LogP contribution in [0.25, 0.3) is 0 Å². The highest BCUT2D eigenvalue weighted by molar-refractivity contribution is 6.34. The van der Waals surface area contributed by atoms with Crippen LogP contribution in [0.3, 0.4) is 0 Å². The predicted molar refractivity (Wildman–Crippen MR) is 83.2 cm³/mol. The second-order valence-electron chi connectivity index (χ2n) is 5.54. The summed E-state index contributed by atoms with van der Waals surface area (Å²) < 4.78 is 0. The third kappa shape index (κ3) is 3.47. The lowest BCUT2D eigenvalue weighted by atomic mass is 9.95. The summed E-state index contributed by atoms with van der Waals surface area (Å²) in [5, 5.41) is 0.403. The maximum atomic E-state index is 12.5. The van der Waals surface area contributed by atoms with E-state index in [2.05, 4.69) is 0 Å². The van der Waals surface area contributed by atoms with Crippen molar-refractivity contribution in [2.24, 2.45) is 5.92 Å². The van der Waals surface area contributed by atoms with Crippen LogP contribution in [0, 0.1) is 5.92 Å². The minimum Gasteiger partial charge on any atom is -0.399 e. The van der Waals surface area contributed by atoms with E-state index in [1.807, 2.05) is 0 Å². The molecule has 0 aromatic heterocycles. The number of nitrogen functional groups attached to an aromatic ring is 1. The number of anilines is 1. The van der Waals surface area contributed by atoms with Gasteiger partial charge in [0.05, 0.1) is 10.6 Å². The Morgan fingerprint density at radius 2 is 1.90 bits per heavy atom. The molecule has 0 radical (unpaired) electrons. The summed E-state index contributed by atoms with van der Waals surface area (Å²) in [6, 6.07) is 4.90. The first-order chi connectivity index (χ1) is 9.90. The highest BCUT2D eigenvalue weighted by atomic mass is 35.5. The molecule has 1 aromatic carbocycles.